The number of carbonyl (C=O) groups is 1. The molecular formula is C10H12N2O4. The number of hydrogen-bond donors (Lipinski definition) is 2. The minimum atomic E-state index is -2.13. The van der Waals surface area contributed by atoms with E-state index in [9.17, 15) is 20.0 Å². The molecule has 0 radical (unpaired) electrons. The van der Waals surface area contributed by atoms with Gasteiger partial charge in [0.15, 0.2) is 0 Å². The van der Waals surface area contributed by atoms with Crippen LogP contribution >= 0.6 is 0 Å². The van der Waals surface area contributed by atoms with Gasteiger partial charge < -0.3 is 10.4 Å². The molecule has 16 heavy (non-hydrogen) atoms. The second-order valence-electron chi connectivity index (χ2n) is 3.30. The first-order valence-corrected chi connectivity index (χ1v) is 4.62. The number of likely N-dealkylation sites (N-methyl/N-ethyl adjacent to an activating group) is 1. The quantitative estimate of drug-likeness (QED) is 0.551. The van der Waals surface area contributed by atoms with Crippen molar-refractivity contribution in [2.45, 2.75) is 5.60 Å². The fourth-order valence-corrected chi connectivity index (χ4v) is 1.40. The number of hydrogen-bond acceptors (Lipinski definition) is 4. The van der Waals surface area contributed by atoms with Gasteiger partial charge in [0.05, 0.1) is 0 Å². The molecule has 6 heteroatoms. The first kappa shape index (κ1) is 12.1. The molecule has 0 heterocycles. The summed E-state index contributed by atoms with van der Waals surface area (Å²) in [5.41, 5.74) is -1.93. The van der Waals surface area contributed by atoms with Crippen molar-refractivity contribution in [3.8, 4) is 0 Å². The van der Waals surface area contributed by atoms with Gasteiger partial charge in [-0.3, -0.25) is 14.9 Å². The van der Waals surface area contributed by atoms with E-state index in [4.69, 9.17) is 0 Å². The average molecular weight is 224 g/mol. The lowest BCUT2D eigenvalue weighted by molar-refractivity contribution is -0.498. The van der Waals surface area contributed by atoms with Crippen LogP contribution < -0.4 is 5.32 Å². The highest BCUT2D eigenvalue weighted by molar-refractivity contribution is 5.86. The summed E-state index contributed by atoms with van der Waals surface area (Å²) in [6.07, 6.45) is 0. The lowest BCUT2D eigenvalue weighted by Gasteiger charge is -2.22. The molecule has 0 bridgehead atoms. The number of nitrogens with one attached hydrogen (secondary N) is 1. The van der Waals surface area contributed by atoms with Gasteiger partial charge in [0.2, 0.25) is 12.1 Å². The minimum absolute atomic E-state index is 0.200. The van der Waals surface area contributed by atoms with Crippen LogP contribution in [0.15, 0.2) is 30.3 Å². The smallest absolute Gasteiger partial charge is 0.263 e. The van der Waals surface area contributed by atoms with Crippen LogP contribution in [-0.2, 0) is 10.4 Å². The van der Waals surface area contributed by atoms with Gasteiger partial charge in [-0.15, -0.1) is 0 Å². The number of rotatable bonds is 4. The summed E-state index contributed by atoms with van der Waals surface area (Å²) in [5.74, 6) is -0.796. The predicted molar refractivity (Wildman–Crippen MR) is 56.3 cm³/mol. The van der Waals surface area contributed by atoms with Crippen molar-refractivity contribution in [3.05, 3.63) is 46.0 Å². The standard InChI is InChI=1S/C10H12N2O4/c1-11-9(13)10(14,7-12(15)16)8-5-3-2-4-6-8/h2-6,14H,7H2,1H3,(H,11,13). The van der Waals surface area contributed by atoms with Gasteiger partial charge in [0.1, 0.15) is 0 Å². The molecule has 6 nitrogen and oxygen atoms in total. The maximum Gasteiger partial charge on any atom is 0.263 e. The average Bonchev–Trinajstić information content (AvgIpc) is 2.28. The van der Waals surface area contributed by atoms with E-state index < -0.39 is 23.0 Å². The van der Waals surface area contributed by atoms with E-state index in [0.29, 0.717) is 0 Å². The summed E-state index contributed by atoms with van der Waals surface area (Å²) >= 11 is 0. The molecule has 0 aliphatic heterocycles. The Bertz CT molecular complexity index is 393. The fourth-order valence-electron chi connectivity index (χ4n) is 1.40. The van der Waals surface area contributed by atoms with Gasteiger partial charge in [0.25, 0.3) is 5.91 Å². The Hall–Kier alpha value is -1.95. The van der Waals surface area contributed by atoms with Crippen molar-refractivity contribution in [3.63, 3.8) is 0 Å². The highest BCUT2D eigenvalue weighted by Crippen LogP contribution is 2.21. The molecule has 2 N–H and O–H groups in total. The largest absolute Gasteiger partial charge is 0.370 e. The van der Waals surface area contributed by atoms with Crippen LogP contribution in [0.5, 0.6) is 0 Å². The van der Waals surface area contributed by atoms with Gasteiger partial charge in [-0.25, -0.2) is 0 Å². The normalized spacial score (nSPS) is 13.9. The maximum atomic E-state index is 11.5. The Morgan fingerprint density at radius 2 is 2.06 bits per heavy atom. The van der Waals surface area contributed by atoms with E-state index in [-0.39, 0.29) is 5.56 Å². The maximum absolute atomic E-state index is 11.5. The molecule has 0 saturated carbocycles. The van der Waals surface area contributed by atoms with Crippen molar-refractivity contribution in [1.29, 1.82) is 0 Å². The van der Waals surface area contributed by atoms with Gasteiger partial charge in [-0.1, -0.05) is 30.3 Å². The van der Waals surface area contributed by atoms with Crippen LogP contribution in [0.2, 0.25) is 0 Å². The third-order valence-corrected chi connectivity index (χ3v) is 2.21. The van der Waals surface area contributed by atoms with E-state index in [1.54, 1.807) is 18.2 Å². The second-order valence-corrected chi connectivity index (χ2v) is 3.30. The van der Waals surface area contributed by atoms with E-state index in [1.165, 1.54) is 19.2 Å². The molecule has 86 valence electrons. The third kappa shape index (κ3) is 2.34. The topological polar surface area (TPSA) is 92.5 Å². The van der Waals surface area contributed by atoms with E-state index >= 15 is 0 Å². The Morgan fingerprint density at radius 1 is 1.50 bits per heavy atom. The second kappa shape index (κ2) is 4.71. The zero-order valence-corrected chi connectivity index (χ0v) is 8.71. The van der Waals surface area contributed by atoms with Crippen LogP contribution in [0, 0.1) is 10.1 Å². The van der Waals surface area contributed by atoms with Crippen molar-refractivity contribution in [2.24, 2.45) is 0 Å². The molecule has 1 unspecified atom stereocenters. The Morgan fingerprint density at radius 3 is 2.50 bits per heavy atom. The summed E-state index contributed by atoms with van der Waals surface area (Å²) in [6.45, 7) is -0.864. The molecule has 0 aliphatic carbocycles. The monoisotopic (exact) mass is 224 g/mol. The number of nitro groups is 1. The van der Waals surface area contributed by atoms with Crippen LogP contribution in [0.4, 0.5) is 0 Å². The molecule has 1 aromatic carbocycles. The summed E-state index contributed by atoms with van der Waals surface area (Å²) in [5, 5.41) is 22.8. The summed E-state index contributed by atoms with van der Waals surface area (Å²) < 4.78 is 0. The number of carbonyl (C=O) groups excluding carboxylic acids is 1. The molecule has 1 amide bonds. The zero-order valence-electron chi connectivity index (χ0n) is 8.71. The summed E-state index contributed by atoms with van der Waals surface area (Å²) in [6, 6.07) is 7.84. The van der Waals surface area contributed by atoms with E-state index in [2.05, 4.69) is 5.32 Å². The fraction of sp³-hybridized carbons (Fsp3) is 0.300. The van der Waals surface area contributed by atoms with Crippen LogP contribution in [0.3, 0.4) is 0 Å². The summed E-state index contributed by atoms with van der Waals surface area (Å²) in [7, 11) is 1.32. The third-order valence-electron chi connectivity index (χ3n) is 2.21. The molecule has 0 spiro atoms. The van der Waals surface area contributed by atoms with Gasteiger partial charge in [-0.2, -0.15) is 0 Å². The molecule has 0 fully saturated rings. The minimum Gasteiger partial charge on any atom is -0.370 e. The Labute approximate surface area is 92.0 Å². The lowest BCUT2D eigenvalue weighted by atomic mass is 9.93. The number of benzene rings is 1. The molecule has 0 saturated heterocycles. The van der Waals surface area contributed by atoms with E-state index in [0.717, 1.165) is 0 Å². The number of amides is 1. The highest BCUT2D eigenvalue weighted by atomic mass is 16.6. The van der Waals surface area contributed by atoms with Crippen molar-refractivity contribution < 1.29 is 14.8 Å². The lowest BCUT2D eigenvalue weighted by Crippen LogP contribution is -2.47. The van der Waals surface area contributed by atoms with Crippen LogP contribution in [-0.4, -0.2) is 29.5 Å². The summed E-state index contributed by atoms with van der Waals surface area (Å²) in [4.78, 5) is 21.3. The molecule has 1 aromatic rings. The van der Waals surface area contributed by atoms with Gasteiger partial charge in [-0.05, 0) is 5.56 Å². The highest BCUT2D eigenvalue weighted by Gasteiger charge is 2.42. The zero-order chi connectivity index (χ0) is 12.2. The first-order chi connectivity index (χ1) is 7.50. The van der Waals surface area contributed by atoms with Crippen LogP contribution in [0.1, 0.15) is 5.56 Å². The molecule has 0 aliphatic rings. The number of nitrogens with zero attached hydrogens (tertiary/aromatic N) is 1. The molecule has 1 atom stereocenters. The molecular weight excluding hydrogens is 212 g/mol. The number of aliphatic hydroxyl groups is 1. The molecule has 1 rings (SSSR count). The first-order valence-electron chi connectivity index (χ1n) is 4.62. The van der Waals surface area contributed by atoms with E-state index in [1.807, 2.05) is 0 Å². The van der Waals surface area contributed by atoms with Crippen molar-refractivity contribution in [2.75, 3.05) is 13.6 Å². The Balaban J connectivity index is 3.14. The van der Waals surface area contributed by atoms with Gasteiger partial charge in [0, 0.05) is 12.0 Å². The van der Waals surface area contributed by atoms with Gasteiger partial charge >= 0.3 is 0 Å². The Kier molecular flexibility index (Phi) is 3.57. The van der Waals surface area contributed by atoms with Crippen molar-refractivity contribution in [1.82, 2.24) is 5.32 Å². The van der Waals surface area contributed by atoms with Crippen molar-refractivity contribution >= 4 is 5.91 Å². The molecule has 0 aromatic heterocycles. The predicted octanol–water partition coefficient (Wildman–Crippen LogP) is -0.103. The van der Waals surface area contributed by atoms with Crippen LogP contribution in [0.25, 0.3) is 0 Å². The SMILES string of the molecule is CNC(=O)C(O)(C[N+](=O)[O-])c1ccccc1.